The Morgan fingerprint density at radius 3 is 2.55 bits per heavy atom. The van der Waals surface area contributed by atoms with Gasteiger partial charge in [-0.3, -0.25) is 25.1 Å². The lowest BCUT2D eigenvalue weighted by molar-refractivity contribution is -0.384. The van der Waals surface area contributed by atoms with Crippen LogP contribution in [-0.4, -0.2) is 35.4 Å². The number of nitrogens with one attached hydrogen (secondary N) is 1. The first-order valence-electron chi connectivity index (χ1n) is 9.29. The van der Waals surface area contributed by atoms with Gasteiger partial charge in [0.2, 0.25) is 0 Å². The van der Waals surface area contributed by atoms with Crippen molar-refractivity contribution in [1.29, 1.82) is 0 Å². The van der Waals surface area contributed by atoms with E-state index in [9.17, 15) is 24.5 Å². The maximum Gasteiger partial charge on any atom is 0.344 e. The van der Waals surface area contributed by atoms with Gasteiger partial charge in [-0.1, -0.05) is 18.2 Å². The summed E-state index contributed by atoms with van der Waals surface area (Å²) in [6, 6.07) is 12.1. The number of carbonyl (C=O) groups is 3. The molecule has 2 aromatic rings. The van der Waals surface area contributed by atoms with E-state index in [2.05, 4.69) is 5.43 Å². The van der Waals surface area contributed by atoms with E-state index in [1.54, 1.807) is 44.2 Å². The third-order valence-corrected chi connectivity index (χ3v) is 4.12. The van der Waals surface area contributed by atoms with Crippen molar-refractivity contribution in [3.63, 3.8) is 0 Å². The number of nitro groups is 1. The van der Waals surface area contributed by atoms with Crippen LogP contribution in [0, 0.1) is 10.1 Å². The number of anilines is 1. The zero-order chi connectivity index (χ0) is 22.5. The van der Waals surface area contributed by atoms with Crippen LogP contribution in [0.3, 0.4) is 0 Å². The van der Waals surface area contributed by atoms with E-state index >= 15 is 0 Å². The molecule has 0 aliphatic carbocycles. The first-order chi connectivity index (χ1) is 14.8. The van der Waals surface area contributed by atoms with E-state index in [1.807, 2.05) is 0 Å². The second kappa shape index (κ2) is 9.08. The van der Waals surface area contributed by atoms with Crippen molar-refractivity contribution < 1.29 is 28.8 Å². The Labute approximate surface area is 177 Å². The summed E-state index contributed by atoms with van der Waals surface area (Å²) < 4.78 is 10.4. The molecule has 0 spiro atoms. The Bertz CT molecular complexity index is 1060. The average Bonchev–Trinajstić information content (AvgIpc) is 3.01. The topological polar surface area (TPSA) is 128 Å². The molecule has 1 saturated heterocycles. The van der Waals surface area contributed by atoms with Crippen molar-refractivity contribution >= 4 is 35.2 Å². The van der Waals surface area contributed by atoms with E-state index in [0.29, 0.717) is 5.69 Å². The van der Waals surface area contributed by atoms with Crippen LogP contribution in [0.4, 0.5) is 11.4 Å². The zero-order valence-electron chi connectivity index (χ0n) is 16.7. The number of hydrogen-bond donors (Lipinski definition) is 1. The molecule has 160 valence electrons. The molecular formula is C21H19N3O7. The van der Waals surface area contributed by atoms with E-state index in [-0.39, 0.29) is 28.7 Å². The Kier molecular flexibility index (Phi) is 6.29. The minimum Gasteiger partial charge on any atom is -0.481 e. The fourth-order valence-corrected chi connectivity index (χ4v) is 2.80. The number of non-ortho nitro benzene ring substituents is 1. The molecule has 31 heavy (non-hydrogen) atoms. The Morgan fingerprint density at radius 2 is 1.90 bits per heavy atom. The number of hydrogen-bond acceptors (Lipinski definition) is 7. The fourth-order valence-electron chi connectivity index (χ4n) is 2.80. The smallest absolute Gasteiger partial charge is 0.344 e. The molecule has 1 fully saturated rings. The lowest BCUT2D eigenvalue weighted by atomic mass is 10.1. The summed E-state index contributed by atoms with van der Waals surface area (Å²) in [4.78, 5) is 47.5. The van der Waals surface area contributed by atoms with Gasteiger partial charge in [-0.25, -0.2) is 9.80 Å². The predicted molar refractivity (Wildman–Crippen MR) is 110 cm³/mol. The summed E-state index contributed by atoms with van der Waals surface area (Å²) in [7, 11) is 0. The van der Waals surface area contributed by atoms with Gasteiger partial charge in [0.25, 0.3) is 17.5 Å². The molecule has 10 heteroatoms. The highest BCUT2D eigenvalue weighted by Crippen LogP contribution is 2.29. The fraction of sp³-hybridized carbons (Fsp3) is 0.190. The van der Waals surface area contributed by atoms with E-state index in [0.717, 1.165) is 11.1 Å². The van der Waals surface area contributed by atoms with E-state index in [1.165, 1.54) is 18.2 Å². The lowest BCUT2D eigenvalue weighted by Crippen LogP contribution is -2.35. The standard InChI is InChI=1S/C21H19N3O7/c1-13(2)31-19(25)12-30-18-9-8-16(24(28)29)10-14(18)11-17-20(26)22-23(21(17)27)15-6-4-3-5-7-15/h3-11,13H,12H2,1-2H3,(H,22,26). The molecule has 1 aliphatic rings. The van der Waals surface area contributed by atoms with Crippen LogP contribution in [-0.2, 0) is 19.1 Å². The van der Waals surface area contributed by atoms with Gasteiger partial charge in [0.15, 0.2) is 6.61 Å². The molecule has 10 nitrogen and oxygen atoms in total. The van der Waals surface area contributed by atoms with Crippen LogP contribution < -0.4 is 15.2 Å². The van der Waals surface area contributed by atoms with Crippen molar-refractivity contribution in [2.45, 2.75) is 20.0 Å². The van der Waals surface area contributed by atoms with E-state index in [4.69, 9.17) is 9.47 Å². The molecule has 3 rings (SSSR count). The molecule has 2 aromatic carbocycles. The average molecular weight is 425 g/mol. The molecule has 0 bridgehead atoms. The van der Waals surface area contributed by atoms with Crippen LogP contribution in [0.5, 0.6) is 5.75 Å². The number of rotatable bonds is 7. The summed E-state index contributed by atoms with van der Waals surface area (Å²) in [6.45, 7) is 2.92. The Hall–Kier alpha value is -4.21. The van der Waals surface area contributed by atoms with Crippen molar-refractivity contribution in [1.82, 2.24) is 5.43 Å². The van der Waals surface area contributed by atoms with Crippen LogP contribution in [0.15, 0.2) is 54.1 Å². The van der Waals surface area contributed by atoms with Gasteiger partial charge in [0.1, 0.15) is 11.3 Å². The summed E-state index contributed by atoms with van der Waals surface area (Å²) >= 11 is 0. The molecule has 0 radical (unpaired) electrons. The minimum absolute atomic E-state index is 0.0811. The normalized spacial score (nSPS) is 14.7. The minimum atomic E-state index is -0.675. The van der Waals surface area contributed by atoms with Gasteiger partial charge < -0.3 is 9.47 Å². The molecule has 2 amide bonds. The molecule has 1 aliphatic heterocycles. The van der Waals surface area contributed by atoms with E-state index < -0.39 is 29.3 Å². The number of amides is 2. The van der Waals surface area contributed by atoms with Crippen LogP contribution in [0.25, 0.3) is 6.08 Å². The lowest BCUT2D eigenvalue weighted by Gasteiger charge is -2.14. The largest absolute Gasteiger partial charge is 0.481 e. The number of benzene rings is 2. The summed E-state index contributed by atoms with van der Waals surface area (Å²) in [6.07, 6.45) is 0.856. The van der Waals surface area contributed by atoms with Crippen LogP contribution >= 0.6 is 0 Å². The molecular weight excluding hydrogens is 406 g/mol. The third kappa shape index (κ3) is 5.04. The maximum absolute atomic E-state index is 12.8. The van der Waals surface area contributed by atoms with Crippen molar-refractivity contribution in [2.24, 2.45) is 0 Å². The monoisotopic (exact) mass is 425 g/mol. The molecule has 1 N–H and O–H groups in total. The molecule has 0 saturated carbocycles. The number of carbonyl (C=O) groups excluding carboxylic acids is 3. The number of hydrazine groups is 1. The highest BCUT2D eigenvalue weighted by molar-refractivity contribution is 6.31. The molecule has 1 heterocycles. The van der Waals surface area contributed by atoms with Gasteiger partial charge in [-0.15, -0.1) is 0 Å². The quantitative estimate of drug-likeness (QED) is 0.237. The highest BCUT2D eigenvalue weighted by Gasteiger charge is 2.34. The highest BCUT2D eigenvalue weighted by atomic mass is 16.6. The number of para-hydroxylation sites is 1. The Morgan fingerprint density at radius 1 is 1.19 bits per heavy atom. The molecule has 0 aromatic heterocycles. The maximum atomic E-state index is 12.8. The van der Waals surface area contributed by atoms with Gasteiger partial charge in [0, 0.05) is 17.7 Å². The SMILES string of the molecule is CC(C)OC(=O)COc1ccc([N+](=O)[O-])cc1C=C1C(=O)NN(c2ccccc2)C1=O. The van der Waals surface area contributed by atoms with Crippen molar-refractivity contribution in [2.75, 3.05) is 11.6 Å². The first-order valence-corrected chi connectivity index (χ1v) is 9.29. The summed E-state index contributed by atoms with van der Waals surface area (Å²) in [5, 5.41) is 12.2. The first kappa shape index (κ1) is 21.5. The number of nitrogens with zero attached hydrogens (tertiary/aromatic N) is 2. The van der Waals surface area contributed by atoms with Gasteiger partial charge >= 0.3 is 5.97 Å². The van der Waals surface area contributed by atoms with Crippen LogP contribution in [0.1, 0.15) is 19.4 Å². The van der Waals surface area contributed by atoms with Crippen LogP contribution in [0.2, 0.25) is 0 Å². The molecule has 0 unspecified atom stereocenters. The van der Waals surface area contributed by atoms with Crippen molar-refractivity contribution in [3.8, 4) is 5.75 Å². The third-order valence-electron chi connectivity index (χ3n) is 4.12. The summed E-state index contributed by atoms with van der Waals surface area (Å²) in [5.74, 6) is -1.85. The van der Waals surface area contributed by atoms with Gasteiger partial charge in [0.05, 0.1) is 16.7 Å². The van der Waals surface area contributed by atoms with Gasteiger partial charge in [-0.2, -0.15) is 0 Å². The van der Waals surface area contributed by atoms with Gasteiger partial charge in [-0.05, 0) is 38.1 Å². The summed E-state index contributed by atoms with van der Waals surface area (Å²) in [5.41, 5.74) is 2.49. The number of nitro benzene ring substituents is 1. The predicted octanol–water partition coefficient (Wildman–Crippen LogP) is 2.39. The second-order valence-corrected chi connectivity index (χ2v) is 6.78. The second-order valence-electron chi connectivity index (χ2n) is 6.78. The number of esters is 1. The van der Waals surface area contributed by atoms with Crippen molar-refractivity contribution in [3.05, 3.63) is 69.8 Å². The Balaban J connectivity index is 1.92. The molecule has 0 atom stereocenters. The number of ether oxygens (including phenoxy) is 2. The zero-order valence-corrected chi connectivity index (χ0v) is 16.7.